The number of nitrogens with two attached hydrogens (primary N) is 1. The third kappa shape index (κ3) is 4.74. The van der Waals surface area contributed by atoms with Crippen LogP contribution in [0.3, 0.4) is 0 Å². The van der Waals surface area contributed by atoms with E-state index in [4.69, 9.17) is 5.73 Å². The van der Waals surface area contributed by atoms with Crippen LogP contribution in [-0.2, 0) is 11.2 Å². The largest absolute Gasteiger partial charge is 0.508 e. The molecule has 1 aromatic rings. The fourth-order valence-electron chi connectivity index (χ4n) is 3.11. The molecular formula is C17H26N2O2. The maximum absolute atomic E-state index is 12.6. The summed E-state index contributed by atoms with van der Waals surface area (Å²) in [5.41, 5.74) is 6.48. The Bertz CT molecular complexity index is 456. The van der Waals surface area contributed by atoms with Crippen molar-refractivity contribution in [1.29, 1.82) is 0 Å². The van der Waals surface area contributed by atoms with Crippen LogP contribution < -0.4 is 5.73 Å². The van der Waals surface area contributed by atoms with Crippen LogP contribution in [0, 0.1) is 0 Å². The Morgan fingerprint density at radius 2 is 2.05 bits per heavy atom. The summed E-state index contributed by atoms with van der Waals surface area (Å²) >= 11 is 0. The van der Waals surface area contributed by atoms with E-state index >= 15 is 0 Å². The Morgan fingerprint density at radius 1 is 1.29 bits per heavy atom. The van der Waals surface area contributed by atoms with Crippen molar-refractivity contribution >= 4 is 5.91 Å². The second kappa shape index (κ2) is 8.03. The molecule has 4 nitrogen and oxygen atoms in total. The quantitative estimate of drug-likeness (QED) is 0.845. The topological polar surface area (TPSA) is 66.6 Å². The highest BCUT2D eigenvalue weighted by Crippen LogP contribution is 2.24. The van der Waals surface area contributed by atoms with Crippen molar-refractivity contribution in [2.24, 2.45) is 5.73 Å². The number of carbonyl (C=O) groups is 1. The van der Waals surface area contributed by atoms with Crippen molar-refractivity contribution in [2.75, 3.05) is 13.1 Å². The van der Waals surface area contributed by atoms with Crippen LogP contribution in [0.4, 0.5) is 0 Å². The molecule has 0 atom stereocenters. The van der Waals surface area contributed by atoms with Gasteiger partial charge in [-0.05, 0) is 43.5 Å². The maximum atomic E-state index is 12.6. The summed E-state index contributed by atoms with van der Waals surface area (Å²) in [6.07, 6.45) is 7.12. The highest BCUT2D eigenvalue weighted by molar-refractivity contribution is 5.79. The molecule has 1 amide bonds. The minimum atomic E-state index is 0.154. The first kappa shape index (κ1) is 15.8. The van der Waals surface area contributed by atoms with E-state index < -0.39 is 0 Å². The lowest BCUT2D eigenvalue weighted by molar-refractivity contribution is -0.133. The van der Waals surface area contributed by atoms with Gasteiger partial charge < -0.3 is 15.7 Å². The van der Waals surface area contributed by atoms with Gasteiger partial charge in [0.2, 0.25) is 5.91 Å². The molecule has 1 aliphatic rings. The molecule has 21 heavy (non-hydrogen) atoms. The lowest BCUT2D eigenvalue weighted by Gasteiger charge is -2.34. The number of nitrogens with zero attached hydrogens (tertiary/aromatic N) is 1. The van der Waals surface area contributed by atoms with Gasteiger partial charge in [0.05, 0.1) is 6.42 Å². The lowest BCUT2D eigenvalue weighted by atomic mass is 9.93. The second-order valence-corrected chi connectivity index (χ2v) is 5.87. The van der Waals surface area contributed by atoms with Gasteiger partial charge in [0.15, 0.2) is 0 Å². The number of hydrogen-bond acceptors (Lipinski definition) is 3. The summed E-state index contributed by atoms with van der Waals surface area (Å²) in [5.74, 6) is 0.368. The molecule has 0 radical (unpaired) electrons. The van der Waals surface area contributed by atoms with Crippen LogP contribution in [0.5, 0.6) is 5.75 Å². The van der Waals surface area contributed by atoms with Gasteiger partial charge in [-0.25, -0.2) is 0 Å². The first-order valence-corrected chi connectivity index (χ1v) is 7.98. The molecule has 2 rings (SSSR count). The summed E-state index contributed by atoms with van der Waals surface area (Å²) in [6.45, 7) is 1.36. The molecule has 1 aliphatic carbocycles. The molecule has 1 saturated carbocycles. The highest BCUT2D eigenvalue weighted by Gasteiger charge is 2.24. The molecule has 3 N–H and O–H groups in total. The van der Waals surface area contributed by atoms with Gasteiger partial charge in [-0.15, -0.1) is 0 Å². The van der Waals surface area contributed by atoms with Crippen LogP contribution in [0.2, 0.25) is 0 Å². The van der Waals surface area contributed by atoms with Crippen molar-refractivity contribution in [2.45, 2.75) is 51.0 Å². The molecule has 0 aromatic heterocycles. The number of benzene rings is 1. The Labute approximate surface area is 126 Å². The van der Waals surface area contributed by atoms with E-state index in [9.17, 15) is 9.90 Å². The molecular weight excluding hydrogens is 264 g/mol. The molecule has 4 heteroatoms. The number of carbonyl (C=O) groups excluding carboxylic acids is 1. The Kier molecular flexibility index (Phi) is 6.05. The number of hydrogen-bond donors (Lipinski definition) is 2. The summed E-state index contributed by atoms with van der Waals surface area (Å²) in [5, 5.41) is 9.51. The Hall–Kier alpha value is -1.55. The van der Waals surface area contributed by atoms with Gasteiger partial charge in [-0.3, -0.25) is 4.79 Å². The molecule has 0 spiro atoms. The van der Waals surface area contributed by atoms with E-state index in [0.717, 1.165) is 31.4 Å². The smallest absolute Gasteiger partial charge is 0.227 e. The summed E-state index contributed by atoms with van der Waals surface area (Å²) < 4.78 is 0. The van der Waals surface area contributed by atoms with Crippen molar-refractivity contribution in [1.82, 2.24) is 4.90 Å². The van der Waals surface area contributed by atoms with E-state index in [1.54, 1.807) is 18.2 Å². The maximum Gasteiger partial charge on any atom is 0.227 e. The molecule has 0 aliphatic heterocycles. The fraction of sp³-hybridized carbons (Fsp3) is 0.588. The van der Waals surface area contributed by atoms with E-state index in [0.29, 0.717) is 19.0 Å². The van der Waals surface area contributed by atoms with E-state index in [1.807, 2.05) is 11.0 Å². The zero-order valence-electron chi connectivity index (χ0n) is 12.6. The summed E-state index contributed by atoms with van der Waals surface area (Å²) in [7, 11) is 0. The van der Waals surface area contributed by atoms with Gasteiger partial charge in [0.1, 0.15) is 5.75 Å². The average molecular weight is 290 g/mol. The Balaban J connectivity index is 2.02. The molecule has 0 bridgehead atoms. The minimum absolute atomic E-state index is 0.154. The molecule has 0 heterocycles. The summed E-state index contributed by atoms with van der Waals surface area (Å²) in [6, 6.07) is 7.33. The molecule has 1 fully saturated rings. The normalized spacial score (nSPS) is 15.9. The van der Waals surface area contributed by atoms with Gasteiger partial charge >= 0.3 is 0 Å². The van der Waals surface area contributed by atoms with E-state index in [1.165, 1.54) is 19.3 Å². The van der Waals surface area contributed by atoms with Crippen LogP contribution in [0.15, 0.2) is 24.3 Å². The van der Waals surface area contributed by atoms with Crippen molar-refractivity contribution in [3.8, 4) is 5.75 Å². The standard InChI is InChI=1S/C17H26N2O2/c18-10-5-11-19(15-7-2-1-3-8-15)17(21)13-14-6-4-9-16(20)12-14/h4,6,9,12,15,20H,1-3,5,7-8,10-11,13,18H2. The van der Waals surface area contributed by atoms with Gasteiger partial charge in [0, 0.05) is 12.6 Å². The number of amides is 1. The van der Waals surface area contributed by atoms with Crippen molar-refractivity contribution < 1.29 is 9.90 Å². The van der Waals surface area contributed by atoms with Gasteiger partial charge in [-0.2, -0.15) is 0 Å². The molecule has 1 aromatic carbocycles. The molecule has 0 saturated heterocycles. The van der Waals surface area contributed by atoms with Crippen LogP contribution in [-0.4, -0.2) is 35.0 Å². The predicted molar refractivity (Wildman–Crippen MR) is 84.1 cm³/mol. The third-order valence-electron chi connectivity index (χ3n) is 4.20. The second-order valence-electron chi connectivity index (χ2n) is 5.87. The average Bonchev–Trinajstić information content (AvgIpc) is 2.49. The first-order chi connectivity index (χ1) is 10.2. The zero-order valence-corrected chi connectivity index (χ0v) is 12.6. The van der Waals surface area contributed by atoms with Gasteiger partial charge in [-0.1, -0.05) is 31.4 Å². The van der Waals surface area contributed by atoms with E-state index in [2.05, 4.69) is 0 Å². The highest BCUT2D eigenvalue weighted by atomic mass is 16.3. The van der Waals surface area contributed by atoms with E-state index in [-0.39, 0.29) is 11.7 Å². The number of rotatable bonds is 6. The third-order valence-corrected chi connectivity index (χ3v) is 4.20. The fourth-order valence-corrected chi connectivity index (χ4v) is 3.11. The monoisotopic (exact) mass is 290 g/mol. The number of phenols is 1. The van der Waals surface area contributed by atoms with Crippen LogP contribution >= 0.6 is 0 Å². The molecule has 116 valence electrons. The SMILES string of the molecule is NCCCN(C(=O)Cc1cccc(O)c1)C1CCCCC1. The lowest BCUT2D eigenvalue weighted by Crippen LogP contribution is -2.43. The number of phenolic OH excluding ortho intramolecular Hbond substituents is 1. The zero-order chi connectivity index (χ0) is 15.1. The predicted octanol–water partition coefficient (Wildman–Crippen LogP) is 2.44. The van der Waals surface area contributed by atoms with Crippen LogP contribution in [0.25, 0.3) is 0 Å². The van der Waals surface area contributed by atoms with Crippen molar-refractivity contribution in [3.63, 3.8) is 0 Å². The Morgan fingerprint density at radius 3 is 2.71 bits per heavy atom. The van der Waals surface area contributed by atoms with Gasteiger partial charge in [0.25, 0.3) is 0 Å². The number of aromatic hydroxyl groups is 1. The van der Waals surface area contributed by atoms with Crippen LogP contribution in [0.1, 0.15) is 44.1 Å². The summed E-state index contributed by atoms with van der Waals surface area (Å²) in [4.78, 5) is 14.7. The first-order valence-electron chi connectivity index (χ1n) is 7.98. The van der Waals surface area contributed by atoms with Crippen molar-refractivity contribution in [3.05, 3.63) is 29.8 Å². The molecule has 0 unspecified atom stereocenters. The minimum Gasteiger partial charge on any atom is -0.508 e.